The van der Waals surface area contributed by atoms with E-state index in [1.165, 1.54) is 53.9 Å². The third-order valence-corrected chi connectivity index (χ3v) is 5.95. The Hall–Kier alpha value is -3.58. The van der Waals surface area contributed by atoms with Gasteiger partial charge in [0, 0.05) is 16.2 Å². The second-order valence-corrected chi connectivity index (χ2v) is 7.38. The van der Waals surface area contributed by atoms with Crippen molar-refractivity contribution in [3.8, 4) is 0 Å². The van der Waals surface area contributed by atoms with E-state index in [1.54, 1.807) is 0 Å². The maximum Gasteiger partial charge on any atom is 0.294 e. The van der Waals surface area contributed by atoms with Crippen molar-refractivity contribution in [1.82, 2.24) is 0 Å². The van der Waals surface area contributed by atoms with Crippen molar-refractivity contribution < 1.29 is 4.42 Å². The third kappa shape index (κ3) is 1.60. The Balaban J connectivity index is 1.83. The summed E-state index contributed by atoms with van der Waals surface area (Å²) < 4.78 is 6.56. The molecule has 0 aliphatic heterocycles. The molecule has 0 aliphatic carbocycles. The van der Waals surface area contributed by atoms with E-state index < -0.39 is 0 Å². The second-order valence-electron chi connectivity index (χ2n) is 7.38. The van der Waals surface area contributed by atoms with Gasteiger partial charge in [0.05, 0.1) is 5.39 Å². The molecule has 27 heavy (non-hydrogen) atoms. The van der Waals surface area contributed by atoms with Crippen LogP contribution < -0.4 is 0 Å². The van der Waals surface area contributed by atoms with Gasteiger partial charge >= 0.3 is 0 Å². The molecule has 1 heteroatoms. The van der Waals surface area contributed by atoms with Crippen LogP contribution in [0.25, 0.3) is 65.0 Å². The van der Waals surface area contributed by atoms with Crippen LogP contribution in [0.4, 0.5) is 0 Å². The lowest BCUT2D eigenvalue weighted by molar-refractivity contribution is 0.676. The Morgan fingerprint density at radius 3 is 1.96 bits per heavy atom. The topological polar surface area (TPSA) is 11.3 Å². The molecule has 7 rings (SSSR count). The normalized spacial score (nSPS) is 12.4. The molecule has 0 saturated heterocycles. The van der Waals surface area contributed by atoms with Crippen LogP contribution in [-0.2, 0) is 0 Å². The summed E-state index contributed by atoms with van der Waals surface area (Å²) in [6.45, 7) is 0. The number of hydrogen-bond acceptors (Lipinski definition) is 0. The molecule has 0 fully saturated rings. The zero-order chi connectivity index (χ0) is 17.5. The van der Waals surface area contributed by atoms with Gasteiger partial charge in [-0.3, -0.25) is 4.42 Å². The van der Waals surface area contributed by atoms with E-state index in [0.29, 0.717) is 0 Å². The average Bonchev–Trinajstić information content (AvgIpc) is 3.08. The van der Waals surface area contributed by atoms with Gasteiger partial charge in [-0.25, -0.2) is 0 Å². The zero-order valence-electron chi connectivity index (χ0n) is 14.5. The maximum absolute atomic E-state index is 6.56. The van der Waals surface area contributed by atoms with Crippen LogP contribution >= 0.6 is 0 Å². The summed E-state index contributed by atoms with van der Waals surface area (Å²) in [6.07, 6.45) is 0. The predicted octanol–water partition coefficient (Wildman–Crippen LogP) is 7.64. The molecular formula is C26H14O. The molecule has 1 aromatic heterocycles. The van der Waals surface area contributed by atoms with Crippen LogP contribution in [0.1, 0.15) is 0 Å². The lowest BCUT2D eigenvalue weighted by atomic mass is 9.95. The monoisotopic (exact) mass is 342 g/mol. The highest BCUT2D eigenvalue weighted by molar-refractivity contribution is 6.29. The SMILES string of the molecule is c1cc2cccc3c4[o+][c-]5c(cc6cccc7cccc5c76)c4cc(c1)c23. The molecule has 6 aromatic carbocycles. The Morgan fingerprint density at radius 1 is 0.519 bits per heavy atom. The van der Waals surface area contributed by atoms with Crippen molar-refractivity contribution >= 4 is 65.0 Å². The second kappa shape index (κ2) is 4.57. The molecule has 0 N–H and O–H groups in total. The standard InChI is InChI=1S/C26H14O/c1-5-15-7-3-11-19-23(15)17(9-1)13-21-22-14-18-10-2-6-16-8-4-12-20(24(16)18)26(22)27-25(19)21/h1-14H. The fraction of sp³-hybridized carbons (Fsp3) is 0. The first-order valence-electron chi connectivity index (χ1n) is 9.29. The molecule has 0 atom stereocenters. The van der Waals surface area contributed by atoms with Crippen molar-refractivity contribution in [2.75, 3.05) is 0 Å². The molecular weight excluding hydrogens is 328 g/mol. The minimum absolute atomic E-state index is 0.991. The average molecular weight is 342 g/mol. The van der Waals surface area contributed by atoms with Gasteiger partial charge in [-0.05, 0) is 21.5 Å². The molecule has 0 saturated carbocycles. The van der Waals surface area contributed by atoms with E-state index in [1.807, 2.05) is 0 Å². The predicted molar refractivity (Wildman–Crippen MR) is 115 cm³/mol. The summed E-state index contributed by atoms with van der Waals surface area (Å²) in [7, 11) is 0. The lowest BCUT2D eigenvalue weighted by Crippen LogP contribution is -1.80. The van der Waals surface area contributed by atoms with Gasteiger partial charge in [0.1, 0.15) is 0 Å². The zero-order valence-corrected chi connectivity index (χ0v) is 14.5. The molecule has 0 unspecified atom stereocenters. The smallest absolute Gasteiger partial charge is 0.272 e. The maximum atomic E-state index is 6.56. The summed E-state index contributed by atoms with van der Waals surface area (Å²) in [6, 6.07) is 30.5. The third-order valence-electron chi connectivity index (χ3n) is 5.95. The molecule has 0 radical (unpaired) electrons. The molecule has 0 aliphatic rings. The summed E-state index contributed by atoms with van der Waals surface area (Å²) in [4.78, 5) is 0. The van der Waals surface area contributed by atoms with Crippen LogP contribution in [0.15, 0.2) is 89.3 Å². The Morgan fingerprint density at radius 2 is 1.15 bits per heavy atom. The molecule has 124 valence electrons. The summed E-state index contributed by atoms with van der Waals surface area (Å²) >= 11 is 0. The minimum Gasteiger partial charge on any atom is -0.272 e. The molecule has 7 aromatic rings. The quantitative estimate of drug-likeness (QED) is 0.204. The van der Waals surface area contributed by atoms with Gasteiger partial charge in [-0.1, -0.05) is 95.7 Å². The van der Waals surface area contributed by atoms with E-state index in [-0.39, 0.29) is 0 Å². The van der Waals surface area contributed by atoms with Gasteiger partial charge in [0.15, 0.2) is 0 Å². The molecule has 1 nitrogen and oxygen atoms in total. The van der Waals surface area contributed by atoms with Crippen LogP contribution in [0.2, 0.25) is 0 Å². The van der Waals surface area contributed by atoms with E-state index in [2.05, 4.69) is 84.9 Å². The van der Waals surface area contributed by atoms with Crippen molar-refractivity contribution in [2.45, 2.75) is 0 Å². The van der Waals surface area contributed by atoms with Gasteiger partial charge in [0.25, 0.3) is 11.2 Å². The van der Waals surface area contributed by atoms with Gasteiger partial charge in [0.2, 0.25) is 0 Å². The highest BCUT2D eigenvalue weighted by atomic mass is 16.3. The highest BCUT2D eigenvalue weighted by Crippen LogP contribution is 2.42. The minimum atomic E-state index is 0.991. The van der Waals surface area contributed by atoms with Crippen molar-refractivity contribution in [2.24, 2.45) is 0 Å². The molecule has 1 heterocycles. The first-order chi connectivity index (χ1) is 13.4. The lowest BCUT2D eigenvalue weighted by Gasteiger charge is -2.07. The number of rotatable bonds is 0. The van der Waals surface area contributed by atoms with Crippen molar-refractivity contribution in [1.29, 1.82) is 0 Å². The number of fused-ring (bicyclic) bond motifs is 5. The fourth-order valence-electron chi connectivity index (χ4n) is 4.81. The highest BCUT2D eigenvalue weighted by Gasteiger charge is 2.19. The Bertz CT molecular complexity index is 1530. The number of benzene rings is 6. The summed E-state index contributed by atoms with van der Waals surface area (Å²) in [5.74, 6) is 0. The summed E-state index contributed by atoms with van der Waals surface area (Å²) in [5, 5.41) is 12.4. The molecule has 0 bridgehead atoms. The Labute approximate surface area is 154 Å². The first kappa shape index (κ1) is 13.6. The van der Waals surface area contributed by atoms with E-state index in [4.69, 9.17) is 4.42 Å². The molecule has 0 spiro atoms. The largest absolute Gasteiger partial charge is 0.294 e. The first-order valence-corrected chi connectivity index (χ1v) is 9.29. The van der Waals surface area contributed by atoms with Crippen LogP contribution in [0.3, 0.4) is 0 Å². The van der Waals surface area contributed by atoms with Crippen LogP contribution in [0, 0.1) is 0 Å². The van der Waals surface area contributed by atoms with Crippen LogP contribution in [-0.4, -0.2) is 0 Å². The van der Waals surface area contributed by atoms with Gasteiger partial charge in [-0.15, -0.1) is 0 Å². The van der Waals surface area contributed by atoms with Crippen LogP contribution in [0.5, 0.6) is 0 Å². The fourth-order valence-corrected chi connectivity index (χ4v) is 4.81. The van der Waals surface area contributed by atoms with Gasteiger partial charge in [-0.2, -0.15) is 0 Å². The number of furan rings is 1. The van der Waals surface area contributed by atoms with E-state index in [9.17, 15) is 0 Å². The summed E-state index contributed by atoms with van der Waals surface area (Å²) in [5.41, 5.74) is 1.98. The number of hydrogen-bond donors (Lipinski definition) is 0. The van der Waals surface area contributed by atoms with E-state index in [0.717, 1.165) is 11.2 Å². The van der Waals surface area contributed by atoms with Crippen molar-refractivity contribution in [3.05, 3.63) is 84.9 Å². The van der Waals surface area contributed by atoms with Crippen molar-refractivity contribution in [3.63, 3.8) is 0 Å². The van der Waals surface area contributed by atoms with Gasteiger partial charge < -0.3 is 0 Å². The molecule has 0 amide bonds. The van der Waals surface area contributed by atoms with E-state index >= 15 is 0 Å². The Kier molecular flexibility index (Phi) is 2.30.